The fraction of sp³-hybridized carbons (Fsp3) is 0.0714. The summed E-state index contributed by atoms with van der Waals surface area (Å²) in [7, 11) is 0. The van der Waals surface area contributed by atoms with Crippen molar-refractivity contribution in [3.05, 3.63) is 151 Å². The molecule has 7 aromatic rings. The Bertz CT molecular complexity index is 2170. The highest BCUT2D eigenvalue weighted by Crippen LogP contribution is 2.44. The molecule has 204 valence electrons. The number of fused-ring (bicyclic) bond motifs is 3. The van der Waals surface area contributed by atoms with Crippen LogP contribution in [-0.4, -0.2) is 6.21 Å². The zero-order valence-electron chi connectivity index (χ0n) is 24.2. The third kappa shape index (κ3) is 4.54. The Balaban J connectivity index is 1.30. The molecule has 0 aromatic heterocycles. The molecule has 7 aromatic carbocycles. The van der Waals surface area contributed by atoms with Gasteiger partial charge in [0.15, 0.2) is 0 Å². The topological polar surface area (TPSA) is 12.4 Å². The van der Waals surface area contributed by atoms with Crippen LogP contribution in [0.3, 0.4) is 0 Å². The quantitative estimate of drug-likeness (QED) is 0.194. The van der Waals surface area contributed by atoms with Gasteiger partial charge in [-0.25, -0.2) is 0 Å². The average molecular weight is 550 g/mol. The van der Waals surface area contributed by atoms with Gasteiger partial charge in [-0.2, -0.15) is 0 Å². The first-order valence-corrected chi connectivity index (χ1v) is 15.1. The van der Waals surface area contributed by atoms with Crippen molar-refractivity contribution < 1.29 is 0 Å². The zero-order chi connectivity index (χ0) is 28.8. The second-order valence-electron chi connectivity index (χ2n) is 11.5. The molecule has 0 atom stereocenters. The molecule has 0 fully saturated rings. The van der Waals surface area contributed by atoms with E-state index in [0.717, 1.165) is 18.5 Å². The number of allylic oxidation sites excluding steroid dienone is 1. The molecule has 0 saturated carbocycles. The highest BCUT2D eigenvalue weighted by molar-refractivity contribution is 6.21. The second kappa shape index (κ2) is 10.5. The van der Waals surface area contributed by atoms with Crippen molar-refractivity contribution in [2.45, 2.75) is 19.8 Å². The van der Waals surface area contributed by atoms with Crippen LogP contribution in [0.15, 0.2) is 145 Å². The van der Waals surface area contributed by atoms with Crippen LogP contribution in [0.1, 0.15) is 24.0 Å². The fourth-order valence-electron chi connectivity index (χ4n) is 6.66. The molecule has 0 amide bonds. The standard InChI is InChI=1S/C42H31N/c1-28-16-17-33-27-35(23-22-32(33)25-28)42-38-13-4-2-11-36(38)41(37-12-3-5-14-39(37)42)34-10-8-9-31(26-34)29-18-20-30(21-19-29)40-15-6-7-24-43-40/h2-5,8-27H,6-7H2,1H3. The van der Waals surface area contributed by atoms with E-state index in [1.165, 1.54) is 76.8 Å². The molecule has 8 rings (SSSR count). The predicted octanol–water partition coefficient (Wildman–Crippen LogP) is 11.7. The molecule has 1 nitrogen and oxygen atoms in total. The molecule has 1 aliphatic heterocycles. The molecule has 0 bridgehead atoms. The summed E-state index contributed by atoms with van der Waals surface area (Å²) in [4.78, 5) is 4.60. The van der Waals surface area contributed by atoms with Crippen LogP contribution in [0.25, 0.3) is 71.4 Å². The minimum atomic E-state index is 1.03. The third-order valence-corrected chi connectivity index (χ3v) is 8.74. The van der Waals surface area contributed by atoms with Gasteiger partial charge in [0.1, 0.15) is 0 Å². The largest absolute Gasteiger partial charge is 0.261 e. The first-order valence-electron chi connectivity index (χ1n) is 15.1. The van der Waals surface area contributed by atoms with Crippen molar-refractivity contribution in [3.63, 3.8) is 0 Å². The smallest absolute Gasteiger partial charge is 0.0658 e. The van der Waals surface area contributed by atoms with Gasteiger partial charge in [-0.15, -0.1) is 0 Å². The lowest BCUT2D eigenvalue weighted by molar-refractivity contribution is 1.09. The van der Waals surface area contributed by atoms with Gasteiger partial charge < -0.3 is 0 Å². The third-order valence-electron chi connectivity index (χ3n) is 8.74. The Morgan fingerprint density at radius 1 is 0.442 bits per heavy atom. The Hall–Kier alpha value is -5.27. The summed E-state index contributed by atoms with van der Waals surface area (Å²) in [6.45, 7) is 2.15. The number of hydrogen-bond donors (Lipinski definition) is 0. The van der Waals surface area contributed by atoms with Crippen LogP contribution >= 0.6 is 0 Å². The summed E-state index contributed by atoms with van der Waals surface area (Å²) in [6, 6.07) is 49.2. The van der Waals surface area contributed by atoms with Crippen LogP contribution < -0.4 is 0 Å². The molecule has 43 heavy (non-hydrogen) atoms. The van der Waals surface area contributed by atoms with E-state index in [2.05, 4.69) is 151 Å². The van der Waals surface area contributed by atoms with E-state index in [0.29, 0.717) is 0 Å². The summed E-state index contributed by atoms with van der Waals surface area (Å²) in [5, 5.41) is 7.65. The van der Waals surface area contributed by atoms with E-state index in [1.807, 2.05) is 6.21 Å². The van der Waals surface area contributed by atoms with Gasteiger partial charge in [0.05, 0.1) is 5.70 Å². The number of rotatable bonds is 4. The molecule has 1 heteroatoms. The fourth-order valence-corrected chi connectivity index (χ4v) is 6.66. The van der Waals surface area contributed by atoms with Gasteiger partial charge in [-0.05, 0) is 103 Å². The number of aliphatic imine (C=N–C) groups is 1. The van der Waals surface area contributed by atoms with Crippen LogP contribution in [0, 0.1) is 6.92 Å². The molecule has 0 N–H and O–H groups in total. The van der Waals surface area contributed by atoms with Crippen LogP contribution in [0.4, 0.5) is 0 Å². The van der Waals surface area contributed by atoms with E-state index in [1.54, 1.807) is 0 Å². The van der Waals surface area contributed by atoms with Gasteiger partial charge in [0.25, 0.3) is 0 Å². The lowest BCUT2D eigenvalue weighted by Gasteiger charge is -2.18. The van der Waals surface area contributed by atoms with Crippen molar-refractivity contribution >= 4 is 44.2 Å². The number of aryl methyl sites for hydroxylation is 1. The van der Waals surface area contributed by atoms with Crippen LogP contribution in [-0.2, 0) is 0 Å². The van der Waals surface area contributed by atoms with Crippen molar-refractivity contribution in [1.29, 1.82) is 0 Å². The summed E-state index contributed by atoms with van der Waals surface area (Å²) in [5.74, 6) is 0. The Morgan fingerprint density at radius 2 is 1.00 bits per heavy atom. The van der Waals surface area contributed by atoms with E-state index in [-0.39, 0.29) is 0 Å². The van der Waals surface area contributed by atoms with Gasteiger partial charge >= 0.3 is 0 Å². The van der Waals surface area contributed by atoms with Crippen LogP contribution in [0.5, 0.6) is 0 Å². The maximum absolute atomic E-state index is 4.60. The average Bonchev–Trinajstić information content (AvgIpc) is 3.07. The maximum atomic E-state index is 4.60. The van der Waals surface area contributed by atoms with Gasteiger partial charge in [0, 0.05) is 6.21 Å². The Kier molecular flexibility index (Phi) is 6.23. The Labute approximate surface area is 252 Å². The molecular formula is C42H31N. The summed E-state index contributed by atoms with van der Waals surface area (Å²) >= 11 is 0. The van der Waals surface area contributed by atoms with Gasteiger partial charge in [-0.1, -0.05) is 133 Å². The van der Waals surface area contributed by atoms with Crippen molar-refractivity contribution in [3.8, 4) is 33.4 Å². The monoisotopic (exact) mass is 549 g/mol. The molecule has 0 spiro atoms. The van der Waals surface area contributed by atoms with Crippen molar-refractivity contribution in [1.82, 2.24) is 0 Å². The zero-order valence-corrected chi connectivity index (χ0v) is 24.2. The number of benzene rings is 7. The van der Waals surface area contributed by atoms with Crippen LogP contribution in [0.2, 0.25) is 0 Å². The Morgan fingerprint density at radius 3 is 1.65 bits per heavy atom. The summed E-state index contributed by atoms with van der Waals surface area (Å²) < 4.78 is 0. The molecule has 1 aliphatic rings. The van der Waals surface area contributed by atoms with E-state index >= 15 is 0 Å². The first-order chi connectivity index (χ1) is 21.2. The lowest BCUT2D eigenvalue weighted by Crippen LogP contribution is -1.91. The van der Waals surface area contributed by atoms with Crippen molar-refractivity contribution in [2.24, 2.45) is 4.99 Å². The summed E-state index contributed by atoms with van der Waals surface area (Å²) in [5.41, 5.74) is 11.0. The van der Waals surface area contributed by atoms with E-state index in [4.69, 9.17) is 0 Å². The van der Waals surface area contributed by atoms with Gasteiger partial charge in [0.2, 0.25) is 0 Å². The number of hydrogen-bond acceptors (Lipinski definition) is 1. The van der Waals surface area contributed by atoms with Gasteiger partial charge in [-0.3, -0.25) is 4.99 Å². The lowest BCUT2D eigenvalue weighted by atomic mass is 9.85. The summed E-state index contributed by atoms with van der Waals surface area (Å²) in [6.07, 6.45) is 6.34. The predicted molar refractivity (Wildman–Crippen MR) is 186 cm³/mol. The SMILES string of the molecule is Cc1ccc2cc(-c3c4ccccc4c(-c4cccc(-c5ccc(C6=CCCC=N6)cc5)c4)c4ccccc34)ccc2c1. The van der Waals surface area contributed by atoms with Crippen molar-refractivity contribution in [2.75, 3.05) is 0 Å². The maximum Gasteiger partial charge on any atom is 0.0658 e. The molecule has 0 saturated heterocycles. The van der Waals surface area contributed by atoms with E-state index < -0.39 is 0 Å². The normalized spacial score (nSPS) is 13.1. The van der Waals surface area contributed by atoms with E-state index in [9.17, 15) is 0 Å². The first kappa shape index (κ1) is 25.4. The minimum absolute atomic E-state index is 1.03. The molecule has 0 radical (unpaired) electrons. The molecule has 0 unspecified atom stereocenters. The minimum Gasteiger partial charge on any atom is -0.261 e. The second-order valence-corrected chi connectivity index (χ2v) is 11.5. The highest BCUT2D eigenvalue weighted by atomic mass is 14.7. The molecule has 1 heterocycles. The molecular weight excluding hydrogens is 518 g/mol. The molecule has 0 aliphatic carbocycles. The number of nitrogens with zero attached hydrogens (tertiary/aromatic N) is 1. The highest BCUT2D eigenvalue weighted by Gasteiger charge is 2.17.